The van der Waals surface area contributed by atoms with E-state index in [-0.39, 0.29) is 24.1 Å². The monoisotopic (exact) mass is 270 g/mol. The van der Waals surface area contributed by atoms with Crippen molar-refractivity contribution in [1.29, 1.82) is 0 Å². The van der Waals surface area contributed by atoms with Crippen LogP contribution in [0.25, 0.3) is 0 Å². The summed E-state index contributed by atoms with van der Waals surface area (Å²) in [6.45, 7) is 1.85. The summed E-state index contributed by atoms with van der Waals surface area (Å²) in [6, 6.07) is 0.389. The minimum atomic E-state index is -0.283. The number of rotatable bonds is 4. The number of carbonyl (C=O) groups excluding carboxylic acids is 1. The van der Waals surface area contributed by atoms with Crippen LogP contribution in [0.3, 0.4) is 0 Å². The van der Waals surface area contributed by atoms with E-state index in [0.29, 0.717) is 6.54 Å². The van der Waals surface area contributed by atoms with Crippen LogP contribution in [-0.4, -0.2) is 60.9 Å². The van der Waals surface area contributed by atoms with Crippen molar-refractivity contribution in [2.75, 3.05) is 26.8 Å². The maximum Gasteiger partial charge on any atom is 0.234 e. The van der Waals surface area contributed by atoms with Crippen molar-refractivity contribution in [3.63, 3.8) is 0 Å². The predicted molar refractivity (Wildman–Crippen MR) is 72.9 cm³/mol. The van der Waals surface area contributed by atoms with Crippen LogP contribution in [0.5, 0.6) is 0 Å². The molecule has 0 aromatic carbocycles. The molecule has 0 aromatic heterocycles. The number of hydrogen-bond donors (Lipinski definition) is 2. The summed E-state index contributed by atoms with van der Waals surface area (Å²) in [5, 5.41) is 13.0. The third kappa shape index (κ3) is 4.44. The van der Waals surface area contributed by atoms with Crippen LogP contribution in [-0.2, 0) is 9.53 Å². The second kappa shape index (κ2) is 7.22. The smallest absolute Gasteiger partial charge is 0.234 e. The highest BCUT2D eigenvalue weighted by atomic mass is 16.5. The highest BCUT2D eigenvalue weighted by molar-refractivity contribution is 5.78. The quantitative estimate of drug-likeness (QED) is 0.782. The Labute approximate surface area is 115 Å². The first-order valence-corrected chi connectivity index (χ1v) is 7.42. The first kappa shape index (κ1) is 14.8. The normalized spacial score (nSPS) is 29.4. The van der Waals surface area contributed by atoms with Crippen LogP contribution in [0.2, 0.25) is 0 Å². The summed E-state index contributed by atoms with van der Waals surface area (Å²) in [5.74, 6) is 0.0622. The van der Waals surface area contributed by atoms with Gasteiger partial charge in [0.25, 0.3) is 0 Å². The second-order valence-electron chi connectivity index (χ2n) is 5.79. The number of carbonyl (C=O) groups is 1. The van der Waals surface area contributed by atoms with E-state index in [1.54, 1.807) is 0 Å². The molecule has 0 radical (unpaired) electrons. The molecule has 1 amide bonds. The first-order valence-electron chi connectivity index (χ1n) is 7.42. The van der Waals surface area contributed by atoms with Gasteiger partial charge in [0.15, 0.2) is 0 Å². The molecule has 0 aromatic rings. The third-order valence-corrected chi connectivity index (χ3v) is 4.24. The maximum absolute atomic E-state index is 12.0. The molecule has 1 saturated heterocycles. The Morgan fingerprint density at radius 2 is 1.95 bits per heavy atom. The zero-order chi connectivity index (χ0) is 13.7. The highest BCUT2D eigenvalue weighted by Gasteiger charge is 2.28. The van der Waals surface area contributed by atoms with Gasteiger partial charge in [-0.2, -0.15) is 0 Å². The van der Waals surface area contributed by atoms with Gasteiger partial charge in [-0.1, -0.05) is 12.8 Å². The highest BCUT2D eigenvalue weighted by Crippen LogP contribution is 2.22. The maximum atomic E-state index is 12.0. The Morgan fingerprint density at radius 1 is 1.26 bits per heavy atom. The molecule has 1 aliphatic carbocycles. The van der Waals surface area contributed by atoms with Gasteiger partial charge >= 0.3 is 0 Å². The molecule has 0 spiro atoms. The lowest BCUT2D eigenvalue weighted by Crippen LogP contribution is -2.49. The molecule has 110 valence electrons. The number of hydrogen-bond acceptors (Lipinski definition) is 4. The van der Waals surface area contributed by atoms with E-state index in [1.165, 1.54) is 0 Å². The molecular weight excluding hydrogens is 244 g/mol. The summed E-state index contributed by atoms with van der Waals surface area (Å²) >= 11 is 0. The zero-order valence-electron chi connectivity index (χ0n) is 11.8. The van der Waals surface area contributed by atoms with Crippen molar-refractivity contribution in [3.05, 3.63) is 0 Å². The lowest BCUT2D eigenvalue weighted by Gasteiger charge is -2.35. The lowest BCUT2D eigenvalue weighted by molar-refractivity contribution is -0.124. The molecule has 2 unspecified atom stereocenters. The van der Waals surface area contributed by atoms with Crippen LogP contribution >= 0.6 is 0 Å². The van der Waals surface area contributed by atoms with Crippen molar-refractivity contribution >= 4 is 5.91 Å². The molecule has 2 aliphatic rings. The van der Waals surface area contributed by atoms with Gasteiger partial charge in [-0.3, -0.25) is 9.69 Å². The summed E-state index contributed by atoms with van der Waals surface area (Å²) in [6.07, 6.45) is 5.62. The van der Waals surface area contributed by atoms with Gasteiger partial charge in [0.2, 0.25) is 5.91 Å². The van der Waals surface area contributed by atoms with Gasteiger partial charge < -0.3 is 15.2 Å². The zero-order valence-corrected chi connectivity index (χ0v) is 11.8. The Kier molecular flexibility index (Phi) is 5.60. The fourth-order valence-corrected chi connectivity index (χ4v) is 3.06. The van der Waals surface area contributed by atoms with Gasteiger partial charge in [0.05, 0.1) is 12.6 Å². The Hall–Kier alpha value is -0.650. The summed E-state index contributed by atoms with van der Waals surface area (Å²) in [7, 11) is 1.93. The van der Waals surface area contributed by atoms with E-state index in [2.05, 4.69) is 5.32 Å². The molecule has 1 aliphatic heterocycles. The van der Waals surface area contributed by atoms with E-state index in [1.807, 2.05) is 11.9 Å². The van der Waals surface area contributed by atoms with Gasteiger partial charge in [0.1, 0.15) is 0 Å². The number of ether oxygens (including phenoxy) is 1. The number of nitrogens with zero attached hydrogens (tertiary/aromatic N) is 1. The van der Waals surface area contributed by atoms with E-state index in [0.717, 1.165) is 51.7 Å². The minimum Gasteiger partial charge on any atom is -0.391 e. The first-order chi connectivity index (χ1) is 9.16. The number of amides is 1. The van der Waals surface area contributed by atoms with Crippen LogP contribution < -0.4 is 5.32 Å². The van der Waals surface area contributed by atoms with Crippen molar-refractivity contribution in [2.24, 2.45) is 0 Å². The minimum absolute atomic E-state index is 0.0622. The van der Waals surface area contributed by atoms with E-state index >= 15 is 0 Å². The second-order valence-corrected chi connectivity index (χ2v) is 5.79. The summed E-state index contributed by atoms with van der Waals surface area (Å²) in [5.41, 5.74) is 0. The molecule has 5 nitrogen and oxygen atoms in total. The fraction of sp³-hybridized carbons (Fsp3) is 0.929. The van der Waals surface area contributed by atoms with Crippen molar-refractivity contribution in [3.8, 4) is 0 Å². The summed E-state index contributed by atoms with van der Waals surface area (Å²) < 4.78 is 5.28. The van der Waals surface area contributed by atoms with E-state index in [4.69, 9.17) is 4.74 Å². The van der Waals surface area contributed by atoms with Gasteiger partial charge in [-0.05, 0) is 32.7 Å². The molecular formula is C14H26N2O3. The molecule has 0 bridgehead atoms. The molecule has 2 N–H and O–H groups in total. The number of nitrogens with one attached hydrogen (secondary N) is 1. The molecule has 19 heavy (non-hydrogen) atoms. The van der Waals surface area contributed by atoms with E-state index < -0.39 is 0 Å². The Balaban J connectivity index is 1.74. The predicted octanol–water partition coefficient (Wildman–Crippen LogP) is 0.517. The third-order valence-electron chi connectivity index (χ3n) is 4.24. The molecule has 2 rings (SSSR count). The molecule has 2 atom stereocenters. The number of aliphatic hydroxyl groups is 1. The summed E-state index contributed by atoms with van der Waals surface area (Å²) in [4.78, 5) is 14.0. The molecule has 1 saturated carbocycles. The van der Waals surface area contributed by atoms with Crippen molar-refractivity contribution in [2.45, 2.75) is 56.7 Å². The standard InChI is InChI=1S/C14H26N2O3/c1-16(12-4-2-3-5-13(12)17)10-14(18)15-11-6-8-19-9-7-11/h11-13,17H,2-10H2,1H3,(H,15,18). The number of likely N-dealkylation sites (N-methyl/N-ethyl adjacent to an activating group) is 1. The van der Waals surface area contributed by atoms with Gasteiger partial charge in [0, 0.05) is 25.3 Å². The topological polar surface area (TPSA) is 61.8 Å². The van der Waals surface area contributed by atoms with Crippen LogP contribution in [0.15, 0.2) is 0 Å². The fourth-order valence-electron chi connectivity index (χ4n) is 3.06. The van der Waals surface area contributed by atoms with Crippen LogP contribution in [0.1, 0.15) is 38.5 Å². The Morgan fingerprint density at radius 3 is 2.63 bits per heavy atom. The van der Waals surface area contributed by atoms with Crippen LogP contribution in [0.4, 0.5) is 0 Å². The average molecular weight is 270 g/mol. The lowest BCUT2D eigenvalue weighted by atomic mass is 9.91. The molecule has 2 fully saturated rings. The Bertz CT molecular complexity index is 292. The number of aliphatic hydroxyl groups excluding tert-OH is 1. The largest absolute Gasteiger partial charge is 0.391 e. The van der Waals surface area contributed by atoms with Crippen molar-refractivity contribution in [1.82, 2.24) is 10.2 Å². The van der Waals surface area contributed by atoms with Gasteiger partial charge in [-0.15, -0.1) is 0 Å². The van der Waals surface area contributed by atoms with Gasteiger partial charge in [-0.25, -0.2) is 0 Å². The van der Waals surface area contributed by atoms with Crippen molar-refractivity contribution < 1.29 is 14.6 Å². The average Bonchev–Trinajstić information content (AvgIpc) is 2.40. The molecule has 5 heteroatoms. The SMILES string of the molecule is CN(CC(=O)NC1CCOCC1)C1CCCCC1O. The van der Waals surface area contributed by atoms with E-state index in [9.17, 15) is 9.90 Å². The van der Waals surface area contributed by atoms with Crippen LogP contribution in [0, 0.1) is 0 Å². The molecule has 1 heterocycles.